The highest BCUT2D eigenvalue weighted by Crippen LogP contribution is 2.56. The van der Waals surface area contributed by atoms with Gasteiger partial charge in [0, 0.05) is 12.3 Å². The Morgan fingerprint density at radius 1 is 1.62 bits per heavy atom. The molecule has 0 aliphatic carbocycles. The van der Waals surface area contributed by atoms with Crippen LogP contribution in [-0.2, 0) is 14.1 Å². The Balaban J connectivity index is 2.36. The van der Waals surface area contributed by atoms with Crippen molar-refractivity contribution in [2.75, 3.05) is 32.2 Å². The molecule has 7 heteroatoms. The average molecular weight is 266 g/mol. The lowest BCUT2D eigenvalue weighted by molar-refractivity contribution is -0.145. The zero-order chi connectivity index (χ0) is 12.2. The molecule has 1 saturated heterocycles. The van der Waals surface area contributed by atoms with Gasteiger partial charge in [-0.15, -0.1) is 0 Å². The number of nitrogens with zero attached hydrogens (tertiary/aromatic N) is 1. The van der Waals surface area contributed by atoms with Crippen LogP contribution in [0.25, 0.3) is 0 Å². The molecular weight excluding hydrogens is 247 g/mol. The summed E-state index contributed by atoms with van der Waals surface area (Å²) in [6.45, 7) is 2.08. The second-order valence-corrected chi connectivity index (χ2v) is 9.26. The van der Waals surface area contributed by atoms with Gasteiger partial charge in [0.1, 0.15) is 6.54 Å². The number of esters is 1. The van der Waals surface area contributed by atoms with Gasteiger partial charge in [-0.2, -0.15) is 0 Å². The zero-order valence-electron chi connectivity index (χ0n) is 9.93. The van der Waals surface area contributed by atoms with E-state index in [-0.39, 0.29) is 18.6 Å². The van der Waals surface area contributed by atoms with E-state index in [1.165, 1.54) is 11.4 Å². The number of ether oxygens (including phenoxy) is 1. The average Bonchev–Trinajstić information content (AvgIpc) is 2.13. The minimum Gasteiger partial charge on any atom is -0.462 e. The number of hydrogen-bond acceptors (Lipinski definition) is 5. The summed E-state index contributed by atoms with van der Waals surface area (Å²) in [5.41, 5.74) is 0. The fourth-order valence-corrected chi connectivity index (χ4v) is 5.90. The fourth-order valence-electron chi connectivity index (χ4n) is 1.36. The molecule has 1 heterocycles. The van der Waals surface area contributed by atoms with Crippen molar-refractivity contribution in [1.29, 1.82) is 0 Å². The number of carbonyl (C=O) groups is 1. The molecule has 5 nitrogen and oxygen atoms in total. The van der Waals surface area contributed by atoms with Crippen molar-refractivity contribution in [3.05, 3.63) is 0 Å². The fraction of sp³-hybridized carbons (Fsp3) is 0.889. The number of carbonyl (C=O) groups excluding carboxylic acids is 1. The van der Waals surface area contributed by atoms with Crippen LogP contribution in [0.3, 0.4) is 0 Å². The SMILES string of the molecule is CC(C)OC(=O)CNP1(=O)CN(C)CCS1. The standard InChI is InChI=1S/C9H19N2O3PS/c1-8(2)14-9(12)6-10-15(13)7-11(3)4-5-16-15/h8H,4-7H2,1-3H3,(H,10,13). The molecule has 0 bridgehead atoms. The van der Waals surface area contributed by atoms with Gasteiger partial charge in [0.05, 0.1) is 12.4 Å². The van der Waals surface area contributed by atoms with Gasteiger partial charge in [-0.05, 0) is 20.9 Å². The van der Waals surface area contributed by atoms with E-state index in [1.807, 2.05) is 11.9 Å². The molecule has 1 N–H and O–H groups in total. The first-order valence-corrected chi connectivity index (χ1v) is 8.76. The van der Waals surface area contributed by atoms with Gasteiger partial charge in [-0.3, -0.25) is 14.3 Å². The maximum Gasteiger partial charge on any atom is 0.320 e. The van der Waals surface area contributed by atoms with Crippen LogP contribution < -0.4 is 5.09 Å². The third kappa shape index (κ3) is 4.87. The molecule has 1 aliphatic rings. The molecule has 0 radical (unpaired) electrons. The lowest BCUT2D eigenvalue weighted by atomic mass is 10.5. The second kappa shape index (κ2) is 6.05. The van der Waals surface area contributed by atoms with Crippen molar-refractivity contribution < 1.29 is 14.1 Å². The summed E-state index contributed by atoms with van der Waals surface area (Å²) in [5.74, 6) is 0.485. The lowest BCUT2D eigenvalue weighted by Gasteiger charge is -2.29. The molecule has 94 valence electrons. The Morgan fingerprint density at radius 2 is 2.31 bits per heavy atom. The van der Waals surface area contributed by atoms with Gasteiger partial charge < -0.3 is 4.74 Å². The van der Waals surface area contributed by atoms with Gasteiger partial charge in [0.15, 0.2) is 0 Å². The summed E-state index contributed by atoms with van der Waals surface area (Å²) in [7, 11) is 1.93. The quantitative estimate of drug-likeness (QED) is 0.612. The molecule has 0 aromatic carbocycles. The van der Waals surface area contributed by atoms with E-state index in [0.717, 1.165) is 12.3 Å². The number of nitrogens with one attached hydrogen (secondary N) is 1. The van der Waals surface area contributed by atoms with Crippen LogP contribution in [-0.4, -0.2) is 49.1 Å². The first-order chi connectivity index (χ1) is 7.41. The van der Waals surface area contributed by atoms with E-state index in [1.54, 1.807) is 13.8 Å². The molecule has 1 aliphatic heterocycles. The van der Waals surface area contributed by atoms with Crippen LogP contribution in [0.2, 0.25) is 0 Å². The van der Waals surface area contributed by atoms with Crippen molar-refractivity contribution in [1.82, 2.24) is 9.99 Å². The van der Waals surface area contributed by atoms with Crippen LogP contribution in [0.5, 0.6) is 0 Å². The summed E-state index contributed by atoms with van der Waals surface area (Å²) in [6.07, 6.45) is 0.379. The molecular formula is C9H19N2O3PS. The monoisotopic (exact) mass is 266 g/mol. The van der Waals surface area contributed by atoms with Gasteiger partial charge in [0.2, 0.25) is 6.49 Å². The molecule has 16 heavy (non-hydrogen) atoms. The Bertz CT molecular complexity index is 298. The molecule has 0 aromatic heterocycles. The van der Waals surface area contributed by atoms with Gasteiger partial charge in [-0.1, -0.05) is 11.4 Å². The van der Waals surface area contributed by atoms with E-state index in [4.69, 9.17) is 4.74 Å². The number of rotatable bonds is 4. The minimum atomic E-state index is -2.48. The van der Waals surface area contributed by atoms with Crippen molar-refractivity contribution in [2.45, 2.75) is 20.0 Å². The van der Waals surface area contributed by atoms with Gasteiger partial charge in [0.25, 0.3) is 0 Å². The molecule has 0 aromatic rings. The van der Waals surface area contributed by atoms with E-state index in [2.05, 4.69) is 5.09 Å². The summed E-state index contributed by atoms with van der Waals surface area (Å²) in [5, 5.41) is 2.84. The van der Waals surface area contributed by atoms with Crippen molar-refractivity contribution in [3.63, 3.8) is 0 Å². The Kier molecular flexibility index (Phi) is 5.31. The maximum absolute atomic E-state index is 12.2. The third-order valence-corrected chi connectivity index (χ3v) is 6.84. The maximum atomic E-state index is 12.2. The largest absolute Gasteiger partial charge is 0.462 e. The van der Waals surface area contributed by atoms with Crippen LogP contribution in [0.1, 0.15) is 13.8 Å². The first kappa shape index (κ1) is 14.0. The number of hydrogen-bond donors (Lipinski definition) is 1. The molecule has 1 fully saturated rings. The smallest absolute Gasteiger partial charge is 0.320 e. The molecule has 0 amide bonds. The second-order valence-electron chi connectivity index (χ2n) is 4.10. The van der Waals surface area contributed by atoms with Gasteiger partial charge in [-0.25, -0.2) is 5.09 Å². The third-order valence-electron chi connectivity index (χ3n) is 2.03. The van der Waals surface area contributed by atoms with E-state index < -0.39 is 6.49 Å². The Hall–Kier alpha value is -0.0300. The summed E-state index contributed by atoms with van der Waals surface area (Å²) in [6, 6.07) is 0. The highest BCUT2D eigenvalue weighted by Gasteiger charge is 2.29. The predicted octanol–water partition coefficient (Wildman–Crippen LogP) is 1.36. The molecule has 1 unspecified atom stereocenters. The molecule has 1 atom stereocenters. The normalized spacial score (nSPS) is 27.0. The highest BCUT2D eigenvalue weighted by atomic mass is 32.7. The lowest BCUT2D eigenvalue weighted by Crippen LogP contribution is -2.32. The summed E-state index contributed by atoms with van der Waals surface area (Å²) >= 11 is 1.43. The molecule has 0 spiro atoms. The van der Waals surface area contributed by atoms with Crippen LogP contribution >= 0.6 is 17.9 Å². The van der Waals surface area contributed by atoms with Crippen molar-refractivity contribution >= 4 is 23.8 Å². The summed E-state index contributed by atoms with van der Waals surface area (Å²) < 4.78 is 17.2. The zero-order valence-corrected chi connectivity index (χ0v) is 11.6. The van der Waals surface area contributed by atoms with Gasteiger partial charge >= 0.3 is 5.97 Å². The van der Waals surface area contributed by atoms with Crippen LogP contribution in [0, 0.1) is 0 Å². The molecule has 0 saturated carbocycles. The first-order valence-electron chi connectivity index (χ1n) is 5.28. The van der Waals surface area contributed by atoms with E-state index >= 15 is 0 Å². The summed E-state index contributed by atoms with van der Waals surface area (Å²) in [4.78, 5) is 13.3. The predicted molar refractivity (Wildman–Crippen MR) is 66.8 cm³/mol. The topological polar surface area (TPSA) is 58.6 Å². The van der Waals surface area contributed by atoms with Crippen molar-refractivity contribution in [2.24, 2.45) is 0 Å². The van der Waals surface area contributed by atoms with Crippen LogP contribution in [0.4, 0.5) is 0 Å². The molecule has 1 rings (SSSR count). The van der Waals surface area contributed by atoms with E-state index in [0.29, 0.717) is 6.29 Å². The van der Waals surface area contributed by atoms with E-state index in [9.17, 15) is 9.36 Å². The van der Waals surface area contributed by atoms with Crippen molar-refractivity contribution in [3.8, 4) is 0 Å². The minimum absolute atomic E-state index is 0.0241. The Labute approximate surface area is 100 Å². The highest BCUT2D eigenvalue weighted by molar-refractivity contribution is 8.57. The van der Waals surface area contributed by atoms with Crippen LogP contribution in [0.15, 0.2) is 0 Å². The Morgan fingerprint density at radius 3 is 2.88 bits per heavy atom.